The number of hydrogen-bond acceptors (Lipinski definition) is 2. The number of pyridine rings is 1. The zero-order valence-corrected chi connectivity index (χ0v) is 7.31. The maximum absolute atomic E-state index is 4.29. The molecule has 0 saturated carbocycles. The minimum absolute atomic E-state index is 0.912. The summed E-state index contributed by atoms with van der Waals surface area (Å²) in [6.45, 7) is 1.95. The highest BCUT2D eigenvalue weighted by Gasteiger charge is 2.01. The van der Waals surface area contributed by atoms with E-state index in [-0.39, 0.29) is 0 Å². The smallest absolute Gasteiger partial charge is 0.162 e. The van der Waals surface area contributed by atoms with Gasteiger partial charge < -0.3 is 0 Å². The topological polar surface area (TPSA) is 30.7 Å². The third kappa shape index (κ3) is 0.925. The highest BCUT2D eigenvalue weighted by Crippen LogP contribution is 2.14. The van der Waals surface area contributed by atoms with Crippen LogP contribution in [0.1, 0.15) is 5.82 Å². The van der Waals surface area contributed by atoms with Crippen molar-refractivity contribution in [3.8, 4) is 0 Å². The number of imidazole rings is 1. The molecule has 4 heteroatoms. The molecule has 2 aromatic rings. The van der Waals surface area contributed by atoms with Gasteiger partial charge in [-0.3, -0.25) is 4.34 Å². The first kappa shape index (κ1) is 6.74. The number of aromatic nitrogens is 3. The van der Waals surface area contributed by atoms with Gasteiger partial charge in [-0.2, -0.15) is 0 Å². The van der Waals surface area contributed by atoms with Gasteiger partial charge in [-0.25, -0.2) is 9.97 Å². The van der Waals surface area contributed by atoms with Crippen LogP contribution in [0.4, 0.5) is 0 Å². The summed E-state index contributed by atoms with van der Waals surface area (Å²) in [5, 5.41) is 0. The summed E-state index contributed by atoms with van der Waals surface area (Å²) >= 11 is 0. The molecule has 0 bridgehead atoms. The second-order valence-corrected chi connectivity index (χ2v) is 2.89. The van der Waals surface area contributed by atoms with E-state index < -0.39 is 0 Å². The Hall–Kier alpha value is -0.950. The molecule has 1 atom stereocenters. The molecule has 1 unspecified atom stereocenters. The molecule has 11 heavy (non-hydrogen) atoms. The minimum atomic E-state index is 0.912. The Kier molecular flexibility index (Phi) is 1.40. The fraction of sp³-hybridized carbons (Fsp3) is 0.143. The Labute approximate surface area is 66.7 Å². The maximum atomic E-state index is 4.29. The van der Waals surface area contributed by atoms with Gasteiger partial charge in [0.25, 0.3) is 0 Å². The first-order valence-corrected chi connectivity index (χ1v) is 3.86. The van der Waals surface area contributed by atoms with Crippen LogP contribution in [-0.4, -0.2) is 14.3 Å². The molecule has 56 valence electrons. The molecule has 3 nitrogen and oxygen atoms in total. The molecule has 2 aromatic heterocycles. The zero-order valence-electron chi connectivity index (χ0n) is 6.15. The van der Waals surface area contributed by atoms with E-state index in [4.69, 9.17) is 0 Å². The van der Waals surface area contributed by atoms with Crippen LogP contribution in [0.2, 0.25) is 0 Å². The van der Waals surface area contributed by atoms with E-state index in [9.17, 15) is 0 Å². The Balaban J connectivity index is 2.92. The predicted octanol–water partition coefficient (Wildman–Crippen LogP) is 1.38. The van der Waals surface area contributed by atoms with Crippen molar-refractivity contribution in [2.24, 2.45) is 0 Å². The van der Waals surface area contributed by atoms with Crippen molar-refractivity contribution in [1.29, 1.82) is 0 Å². The van der Waals surface area contributed by atoms with Crippen LogP contribution in [0.15, 0.2) is 18.3 Å². The average Bonchev–Trinajstić information content (AvgIpc) is 2.30. The second-order valence-electron chi connectivity index (χ2n) is 2.38. The fourth-order valence-corrected chi connectivity index (χ4v) is 1.30. The Morgan fingerprint density at radius 3 is 3.09 bits per heavy atom. The molecular formula is C7H8N3P. The highest BCUT2D eigenvalue weighted by atomic mass is 31.0. The van der Waals surface area contributed by atoms with Crippen LogP contribution >= 0.6 is 9.39 Å². The summed E-state index contributed by atoms with van der Waals surface area (Å²) < 4.78 is 1.90. The maximum Gasteiger partial charge on any atom is 0.162 e. The van der Waals surface area contributed by atoms with Gasteiger partial charge in [-0.05, 0) is 28.4 Å². The van der Waals surface area contributed by atoms with Crippen molar-refractivity contribution in [1.82, 2.24) is 14.3 Å². The monoisotopic (exact) mass is 165 g/mol. The first-order valence-electron chi connectivity index (χ1n) is 3.34. The van der Waals surface area contributed by atoms with Gasteiger partial charge in [-0.15, -0.1) is 0 Å². The van der Waals surface area contributed by atoms with Crippen LogP contribution in [0, 0.1) is 6.92 Å². The molecule has 0 aliphatic rings. The summed E-state index contributed by atoms with van der Waals surface area (Å²) in [6, 6.07) is 3.84. The molecule has 0 spiro atoms. The van der Waals surface area contributed by atoms with Gasteiger partial charge in [0.2, 0.25) is 0 Å². The van der Waals surface area contributed by atoms with Gasteiger partial charge in [-0.1, -0.05) is 0 Å². The van der Waals surface area contributed by atoms with Gasteiger partial charge in [0.05, 0.1) is 0 Å². The summed E-state index contributed by atoms with van der Waals surface area (Å²) in [5.74, 6) is 0.962. The van der Waals surface area contributed by atoms with Gasteiger partial charge >= 0.3 is 0 Å². The third-order valence-corrected chi connectivity index (χ3v) is 2.24. The van der Waals surface area contributed by atoms with E-state index in [1.54, 1.807) is 6.20 Å². The SMILES string of the molecule is Cc1nc2cccnc2n1P. The van der Waals surface area contributed by atoms with E-state index in [1.807, 2.05) is 23.4 Å². The predicted molar refractivity (Wildman–Crippen MR) is 47.4 cm³/mol. The fourth-order valence-electron chi connectivity index (χ4n) is 1.04. The molecular weight excluding hydrogens is 157 g/mol. The van der Waals surface area contributed by atoms with Gasteiger partial charge in [0.15, 0.2) is 5.65 Å². The van der Waals surface area contributed by atoms with E-state index in [0.29, 0.717) is 0 Å². The lowest BCUT2D eigenvalue weighted by Crippen LogP contribution is -1.83. The molecule has 0 saturated heterocycles. The van der Waals surface area contributed by atoms with Crippen LogP contribution in [0.3, 0.4) is 0 Å². The number of hydrogen-bond donors (Lipinski definition) is 0. The van der Waals surface area contributed by atoms with Crippen molar-refractivity contribution >= 4 is 20.6 Å². The number of fused-ring (bicyclic) bond motifs is 1. The van der Waals surface area contributed by atoms with Crippen LogP contribution in [0.25, 0.3) is 11.2 Å². The molecule has 0 radical (unpaired) electrons. The third-order valence-electron chi connectivity index (χ3n) is 1.63. The van der Waals surface area contributed by atoms with Crippen molar-refractivity contribution < 1.29 is 0 Å². The number of rotatable bonds is 0. The van der Waals surface area contributed by atoms with Crippen molar-refractivity contribution in [2.75, 3.05) is 0 Å². The second kappa shape index (κ2) is 2.28. The lowest BCUT2D eigenvalue weighted by molar-refractivity contribution is 1.10. The van der Waals surface area contributed by atoms with Crippen LogP contribution in [0.5, 0.6) is 0 Å². The normalized spacial score (nSPS) is 10.7. The summed E-state index contributed by atoms with van der Waals surface area (Å²) in [5.41, 5.74) is 1.86. The van der Waals surface area contributed by atoms with E-state index in [1.165, 1.54) is 0 Å². The highest BCUT2D eigenvalue weighted by molar-refractivity contribution is 7.15. The Morgan fingerprint density at radius 1 is 1.55 bits per heavy atom. The summed E-state index contributed by atoms with van der Waals surface area (Å²) in [4.78, 5) is 8.47. The largest absolute Gasteiger partial charge is 0.297 e. The van der Waals surface area contributed by atoms with E-state index in [2.05, 4.69) is 19.4 Å². The minimum Gasteiger partial charge on any atom is -0.297 e. The zero-order chi connectivity index (χ0) is 7.84. The Morgan fingerprint density at radius 2 is 2.36 bits per heavy atom. The quantitative estimate of drug-likeness (QED) is 0.552. The lowest BCUT2D eigenvalue weighted by atomic mass is 10.4. The molecule has 2 rings (SSSR count). The lowest BCUT2D eigenvalue weighted by Gasteiger charge is -1.92. The molecule has 0 amide bonds. The molecule has 0 aliphatic carbocycles. The standard InChI is InChI=1S/C7H8N3P/c1-5-9-6-3-2-4-8-7(6)10(5)11/h2-4H,11H2,1H3. The first-order chi connectivity index (χ1) is 5.29. The van der Waals surface area contributed by atoms with Crippen molar-refractivity contribution in [3.63, 3.8) is 0 Å². The average molecular weight is 165 g/mol. The van der Waals surface area contributed by atoms with Crippen molar-refractivity contribution in [2.45, 2.75) is 6.92 Å². The summed E-state index contributed by atoms with van der Waals surface area (Å²) in [7, 11) is 2.58. The summed E-state index contributed by atoms with van der Waals surface area (Å²) in [6.07, 6.45) is 1.77. The number of aryl methyl sites for hydroxylation is 1. The van der Waals surface area contributed by atoms with Gasteiger partial charge in [0.1, 0.15) is 11.3 Å². The number of nitrogens with zero attached hydrogens (tertiary/aromatic N) is 3. The molecule has 0 aliphatic heterocycles. The van der Waals surface area contributed by atoms with Crippen molar-refractivity contribution in [3.05, 3.63) is 24.2 Å². The van der Waals surface area contributed by atoms with E-state index in [0.717, 1.165) is 17.0 Å². The molecule has 0 aromatic carbocycles. The Bertz CT molecular complexity index is 393. The molecule has 0 N–H and O–H groups in total. The van der Waals surface area contributed by atoms with E-state index >= 15 is 0 Å². The van der Waals surface area contributed by atoms with Gasteiger partial charge in [0, 0.05) is 6.20 Å². The molecule has 2 heterocycles. The molecule has 0 fully saturated rings. The van der Waals surface area contributed by atoms with Crippen LogP contribution in [-0.2, 0) is 0 Å². The van der Waals surface area contributed by atoms with Crippen LogP contribution < -0.4 is 0 Å².